The Hall–Kier alpha value is -4.68. The van der Waals surface area contributed by atoms with Gasteiger partial charge in [0.15, 0.2) is 6.29 Å². The van der Waals surface area contributed by atoms with Gasteiger partial charge in [-0.15, -0.1) is 11.8 Å². The SMILES string of the molecule is O=C(Nc1cccc(C2OC(CSc3ncccc3C(=O)O)CC(c3ccc(CO)cc3)O2)c1)c1cnc2ccccc2n1. The molecule has 5 aromatic rings. The molecule has 3 atom stereocenters. The number of carbonyl (C=O) groups is 2. The van der Waals surface area contributed by atoms with Crippen LogP contribution in [0, 0.1) is 0 Å². The third-order valence-electron chi connectivity index (χ3n) is 7.12. The number of carboxylic acids is 1. The molecule has 1 aliphatic heterocycles. The van der Waals surface area contributed by atoms with E-state index in [1.807, 2.05) is 48.5 Å². The van der Waals surface area contributed by atoms with Crippen molar-refractivity contribution < 1.29 is 29.3 Å². The summed E-state index contributed by atoms with van der Waals surface area (Å²) in [4.78, 5) is 37.8. The van der Waals surface area contributed by atoms with Crippen molar-refractivity contribution >= 4 is 40.4 Å². The average Bonchev–Trinajstić information content (AvgIpc) is 3.07. The molecule has 1 fully saturated rings. The Labute approximate surface area is 257 Å². The summed E-state index contributed by atoms with van der Waals surface area (Å²) in [5, 5.41) is 22.4. The van der Waals surface area contributed by atoms with E-state index in [0.29, 0.717) is 39.5 Å². The quantitative estimate of drug-likeness (QED) is 0.176. The van der Waals surface area contributed by atoms with Crippen molar-refractivity contribution in [3.05, 3.63) is 125 Å². The standard InChI is InChI=1S/C33H28N4O6S/c38-18-20-10-12-21(13-11-20)29-16-24(19-44-31-25(32(40)41)7-4-14-34-31)42-33(43-29)22-5-3-6-23(15-22)36-30(39)28-17-35-26-8-1-2-9-27(26)37-28/h1-15,17,24,29,33,38H,16,18-19H2,(H,36,39)(H,40,41). The minimum absolute atomic E-state index is 0.0594. The van der Waals surface area contributed by atoms with E-state index in [-0.39, 0.29) is 30.1 Å². The number of rotatable bonds is 9. The number of amides is 1. The number of carboxylic acid groups (broad SMARTS) is 1. The van der Waals surface area contributed by atoms with Gasteiger partial charge in [0.1, 0.15) is 10.7 Å². The summed E-state index contributed by atoms with van der Waals surface area (Å²) in [6.07, 6.45) is 2.13. The largest absolute Gasteiger partial charge is 0.478 e. The molecule has 0 aliphatic carbocycles. The van der Waals surface area contributed by atoms with Gasteiger partial charge in [0.2, 0.25) is 0 Å². The summed E-state index contributed by atoms with van der Waals surface area (Å²) < 4.78 is 12.8. The van der Waals surface area contributed by atoms with Crippen LogP contribution in [-0.2, 0) is 16.1 Å². The summed E-state index contributed by atoms with van der Waals surface area (Å²) in [5.41, 5.74) is 4.61. The molecule has 6 rings (SSSR count). The van der Waals surface area contributed by atoms with Gasteiger partial charge >= 0.3 is 5.97 Å². The van der Waals surface area contributed by atoms with E-state index in [1.165, 1.54) is 24.0 Å². The Bertz CT molecular complexity index is 1800. The van der Waals surface area contributed by atoms with Crippen LogP contribution >= 0.6 is 11.8 Å². The molecule has 11 heteroatoms. The topological polar surface area (TPSA) is 144 Å². The molecule has 2 aromatic heterocycles. The number of nitrogens with zero attached hydrogens (tertiary/aromatic N) is 3. The summed E-state index contributed by atoms with van der Waals surface area (Å²) in [6.45, 7) is -0.0594. The van der Waals surface area contributed by atoms with E-state index in [0.717, 1.165) is 11.1 Å². The fraction of sp³-hybridized carbons (Fsp3) is 0.182. The number of anilines is 1. The number of carbonyl (C=O) groups excluding carboxylic acids is 1. The first kappa shape index (κ1) is 29.4. The minimum atomic E-state index is -1.04. The number of thioether (sulfide) groups is 1. The van der Waals surface area contributed by atoms with Crippen LogP contribution in [0.5, 0.6) is 0 Å². The molecule has 3 heterocycles. The fourth-order valence-corrected chi connectivity index (χ4v) is 5.89. The first-order valence-electron chi connectivity index (χ1n) is 13.9. The highest BCUT2D eigenvalue weighted by molar-refractivity contribution is 7.99. The highest BCUT2D eigenvalue weighted by atomic mass is 32.2. The molecule has 0 radical (unpaired) electrons. The number of aromatic nitrogens is 3. The van der Waals surface area contributed by atoms with Gasteiger partial charge < -0.3 is 25.0 Å². The van der Waals surface area contributed by atoms with Gasteiger partial charge in [0.05, 0.1) is 41.6 Å². The summed E-state index contributed by atoms with van der Waals surface area (Å²) in [7, 11) is 0. The molecule has 1 amide bonds. The first-order chi connectivity index (χ1) is 21.5. The normalized spacial score (nSPS) is 18.2. The predicted octanol–water partition coefficient (Wildman–Crippen LogP) is 5.81. The van der Waals surface area contributed by atoms with Crippen LogP contribution in [0.2, 0.25) is 0 Å². The van der Waals surface area contributed by atoms with E-state index in [9.17, 15) is 19.8 Å². The Balaban J connectivity index is 1.22. The molecule has 3 N–H and O–H groups in total. The molecule has 44 heavy (non-hydrogen) atoms. The number of hydrogen-bond donors (Lipinski definition) is 3. The van der Waals surface area contributed by atoms with Gasteiger partial charge in [-0.3, -0.25) is 9.78 Å². The maximum atomic E-state index is 13.0. The molecular weight excluding hydrogens is 580 g/mol. The summed E-state index contributed by atoms with van der Waals surface area (Å²) in [5.74, 6) is -0.993. The van der Waals surface area contributed by atoms with Crippen molar-refractivity contribution in [2.45, 2.75) is 36.6 Å². The predicted molar refractivity (Wildman–Crippen MR) is 164 cm³/mol. The zero-order valence-electron chi connectivity index (χ0n) is 23.4. The lowest BCUT2D eigenvalue weighted by atomic mass is 10.0. The second-order valence-corrected chi connectivity index (χ2v) is 11.2. The lowest BCUT2D eigenvalue weighted by Gasteiger charge is -2.36. The van der Waals surface area contributed by atoms with Crippen molar-refractivity contribution in [1.29, 1.82) is 0 Å². The number of nitrogens with one attached hydrogen (secondary N) is 1. The molecule has 0 spiro atoms. The van der Waals surface area contributed by atoms with Gasteiger partial charge in [0.25, 0.3) is 5.91 Å². The van der Waals surface area contributed by atoms with E-state index in [2.05, 4.69) is 20.3 Å². The van der Waals surface area contributed by atoms with E-state index in [1.54, 1.807) is 36.5 Å². The second-order valence-electron chi connectivity index (χ2n) is 10.1. The Kier molecular flexibility index (Phi) is 8.89. The minimum Gasteiger partial charge on any atom is -0.478 e. The number of aliphatic hydroxyl groups is 1. The van der Waals surface area contributed by atoms with Crippen molar-refractivity contribution in [1.82, 2.24) is 15.0 Å². The van der Waals surface area contributed by atoms with Crippen molar-refractivity contribution in [2.75, 3.05) is 11.1 Å². The van der Waals surface area contributed by atoms with Crippen LogP contribution in [-0.4, -0.2) is 48.9 Å². The number of pyridine rings is 1. The molecule has 1 saturated heterocycles. The van der Waals surface area contributed by atoms with E-state index in [4.69, 9.17) is 9.47 Å². The summed E-state index contributed by atoms with van der Waals surface area (Å²) in [6, 6.07) is 25.2. The van der Waals surface area contributed by atoms with Gasteiger partial charge in [-0.05, 0) is 47.5 Å². The first-order valence-corrected chi connectivity index (χ1v) is 14.9. The number of aliphatic hydroxyl groups excluding tert-OH is 1. The van der Waals surface area contributed by atoms with Crippen molar-refractivity contribution in [2.24, 2.45) is 0 Å². The van der Waals surface area contributed by atoms with Gasteiger partial charge in [-0.25, -0.2) is 14.8 Å². The number of para-hydroxylation sites is 2. The van der Waals surface area contributed by atoms with Crippen LogP contribution in [0.3, 0.4) is 0 Å². The number of fused-ring (bicyclic) bond motifs is 1. The van der Waals surface area contributed by atoms with Crippen LogP contribution in [0.4, 0.5) is 5.69 Å². The number of ether oxygens (including phenoxy) is 2. The molecule has 0 bridgehead atoms. The molecular formula is C33H28N4O6S. The third kappa shape index (κ3) is 6.76. The van der Waals surface area contributed by atoms with Gasteiger partial charge in [0, 0.05) is 29.6 Å². The van der Waals surface area contributed by atoms with E-state index < -0.39 is 18.2 Å². The Morgan fingerprint density at radius 2 is 1.73 bits per heavy atom. The second kappa shape index (κ2) is 13.3. The van der Waals surface area contributed by atoms with Crippen molar-refractivity contribution in [3.63, 3.8) is 0 Å². The molecule has 3 unspecified atom stereocenters. The van der Waals surface area contributed by atoms with Crippen molar-refractivity contribution in [3.8, 4) is 0 Å². The van der Waals surface area contributed by atoms with Crippen LogP contribution in [0.1, 0.15) is 56.4 Å². The maximum absolute atomic E-state index is 13.0. The Morgan fingerprint density at radius 1 is 0.909 bits per heavy atom. The molecule has 0 saturated carbocycles. The van der Waals surface area contributed by atoms with Gasteiger partial charge in [-0.1, -0.05) is 48.5 Å². The number of benzene rings is 3. The third-order valence-corrected chi connectivity index (χ3v) is 8.26. The molecule has 222 valence electrons. The number of aromatic carboxylic acids is 1. The highest BCUT2D eigenvalue weighted by Gasteiger charge is 2.33. The monoisotopic (exact) mass is 608 g/mol. The Morgan fingerprint density at radius 3 is 2.52 bits per heavy atom. The zero-order chi connectivity index (χ0) is 30.5. The van der Waals surface area contributed by atoms with Gasteiger partial charge in [-0.2, -0.15) is 0 Å². The van der Waals surface area contributed by atoms with Crippen LogP contribution < -0.4 is 5.32 Å². The smallest absolute Gasteiger partial charge is 0.338 e. The van der Waals surface area contributed by atoms with Crippen LogP contribution in [0.25, 0.3) is 11.0 Å². The number of hydrogen-bond acceptors (Lipinski definition) is 9. The van der Waals surface area contributed by atoms with Crippen LogP contribution in [0.15, 0.2) is 102 Å². The average molecular weight is 609 g/mol. The molecule has 1 aliphatic rings. The molecule has 3 aromatic carbocycles. The zero-order valence-corrected chi connectivity index (χ0v) is 24.2. The lowest BCUT2D eigenvalue weighted by molar-refractivity contribution is -0.245. The lowest BCUT2D eigenvalue weighted by Crippen LogP contribution is -2.31. The maximum Gasteiger partial charge on any atom is 0.338 e. The fourth-order valence-electron chi connectivity index (χ4n) is 4.89. The summed E-state index contributed by atoms with van der Waals surface area (Å²) >= 11 is 1.32. The highest BCUT2D eigenvalue weighted by Crippen LogP contribution is 2.40. The van der Waals surface area contributed by atoms with E-state index >= 15 is 0 Å². The molecule has 10 nitrogen and oxygen atoms in total.